The average molecular weight is 284 g/mol. The summed E-state index contributed by atoms with van der Waals surface area (Å²) >= 11 is 6.21. The van der Waals surface area contributed by atoms with Crippen molar-refractivity contribution in [3.8, 4) is 5.75 Å². The molecule has 0 saturated heterocycles. The molecule has 0 amide bonds. The van der Waals surface area contributed by atoms with Crippen LogP contribution in [0.5, 0.6) is 5.75 Å². The number of carbonyl (C=O) groups is 1. The maximum Gasteiger partial charge on any atom is 0.303 e. The van der Waals surface area contributed by atoms with Crippen molar-refractivity contribution in [2.24, 2.45) is 5.73 Å². The molecule has 1 aliphatic heterocycles. The van der Waals surface area contributed by atoms with Gasteiger partial charge in [0, 0.05) is 18.9 Å². The van der Waals surface area contributed by atoms with Gasteiger partial charge in [-0.25, -0.2) is 0 Å². The van der Waals surface area contributed by atoms with Crippen molar-refractivity contribution in [1.29, 1.82) is 0 Å². The van der Waals surface area contributed by atoms with Crippen LogP contribution in [-0.2, 0) is 11.2 Å². The number of aliphatic carboxylic acids is 1. The molecule has 19 heavy (non-hydrogen) atoms. The van der Waals surface area contributed by atoms with Crippen LogP contribution in [0.1, 0.15) is 43.9 Å². The maximum atomic E-state index is 10.6. The number of ether oxygens (including phenoxy) is 1. The van der Waals surface area contributed by atoms with Crippen LogP contribution in [0, 0.1) is 0 Å². The predicted molar refractivity (Wildman–Crippen MR) is 73.7 cm³/mol. The van der Waals surface area contributed by atoms with Gasteiger partial charge in [-0.2, -0.15) is 0 Å². The van der Waals surface area contributed by atoms with Gasteiger partial charge < -0.3 is 15.6 Å². The lowest BCUT2D eigenvalue weighted by atomic mass is 9.96. The Bertz CT molecular complexity index is 514. The normalized spacial score (nSPS) is 17.7. The third kappa shape index (κ3) is 3.19. The van der Waals surface area contributed by atoms with E-state index in [4.69, 9.17) is 27.2 Å². The molecule has 1 unspecified atom stereocenters. The first-order valence-corrected chi connectivity index (χ1v) is 6.65. The minimum Gasteiger partial charge on any atom is -0.486 e. The van der Waals surface area contributed by atoms with Gasteiger partial charge in [0.2, 0.25) is 0 Å². The summed E-state index contributed by atoms with van der Waals surface area (Å²) in [4.78, 5) is 10.6. The Morgan fingerprint density at radius 2 is 2.26 bits per heavy atom. The van der Waals surface area contributed by atoms with Gasteiger partial charge in [-0.3, -0.25) is 4.79 Å². The molecule has 0 aromatic heterocycles. The van der Waals surface area contributed by atoms with Crippen molar-refractivity contribution in [3.63, 3.8) is 0 Å². The summed E-state index contributed by atoms with van der Waals surface area (Å²) in [6.45, 7) is 4.01. The molecule has 104 valence electrons. The Balaban J connectivity index is 2.21. The van der Waals surface area contributed by atoms with Crippen molar-refractivity contribution in [2.75, 3.05) is 0 Å². The molecule has 0 spiro atoms. The number of carboxylic acids is 1. The molecular weight excluding hydrogens is 266 g/mol. The number of benzene rings is 1. The Hall–Kier alpha value is -1.26. The lowest BCUT2D eigenvalue weighted by Gasteiger charge is -2.17. The van der Waals surface area contributed by atoms with E-state index in [1.165, 1.54) is 0 Å². The largest absolute Gasteiger partial charge is 0.486 e. The van der Waals surface area contributed by atoms with E-state index in [-0.39, 0.29) is 18.1 Å². The second kappa shape index (κ2) is 5.02. The van der Waals surface area contributed by atoms with Gasteiger partial charge in [0.25, 0.3) is 0 Å². The number of fused-ring (bicyclic) bond motifs is 1. The van der Waals surface area contributed by atoms with E-state index in [1.54, 1.807) is 6.07 Å². The summed E-state index contributed by atoms with van der Waals surface area (Å²) in [6.07, 6.45) is 1.23. The summed E-state index contributed by atoms with van der Waals surface area (Å²) in [5.74, 6) is -0.118. The lowest BCUT2D eigenvalue weighted by Crippen LogP contribution is -2.24. The van der Waals surface area contributed by atoms with E-state index in [2.05, 4.69) is 0 Å². The fraction of sp³-hybridized carbons (Fsp3) is 0.500. The first-order valence-electron chi connectivity index (χ1n) is 6.27. The van der Waals surface area contributed by atoms with Crippen LogP contribution in [0.3, 0.4) is 0 Å². The minimum absolute atomic E-state index is 0.0534. The zero-order chi connectivity index (χ0) is 14.2. The van der Waals surface area contributed by atoms with Gasteiger partial charge in [0.1, 0.15) is 11.4 Å². The maximum absolute atomic E-state index is 10.6. The van der Waals surface area contributed by atoms with Gasteiger partial charge in [-0.15, -0.1) is 0 Å². The van der Waals surface area contributed by atoms with E-state index < -0.39 is 5.97 Å². The molecule has 1 aliphatic rings. The molecule has 0 bridgehead atoms. The molecule has 4 nitrogen and oxygen atoms in total. The van der Waals surface area contributed by atoms with Gasteiger partial charge in [0.05, 0.1) is 5.02 Å². The number of carboxylic acid groups (broad SMARTS) is 1. The van der Waals surface area contributed by atoms with Gasteiger partial charge >= 0.3 is 5.97 Å². The Labute approximate surface area is 117 Å². The lowest BCUT2D eigenvalue weighted by molar-refractivity contribution is -0.137. The molecule has 1 atom stereocenters. The summed E-state index contributed by atoms with van der Waals surface area (Å²) in [7, 11) is 0. The van der Waals surface area contributed by atoms with Gasteiger partial charge in [0.15, 0.2) is 0 Å². The van der Waals surface area contributed by atoms with Crippen molar-refractivity contribution in [1.82, 2.24) is 0 Å². The van der Waals surface area contributed by atoms with Crippen LogP contribution in [0.2, 0.25) is 5.02 Å². The zero-order valence-electron chi connectivity index (χ0n) is 11.1. The van der Waals surface area contributed by atoms with Crippen LogP contribution >= 0.6 is 11.6 Å². The highest BCUT2D eigenvalue weighted by molar-refractivity contribution is 6.32. The van der Waals surface area contributed by atoms with E-state index >= 15 is 0 Å². The third-order valence-corrected chi connectivity index (χ3v) is 3.52. The molecular formula is C14H18ClNO3. The molecule has 0 aliphatic carbocycles. The van der Waals surface area contributed by atoms with E-state index in [0.29, 0.717) is 11.4 Å². The quantitative estimate of drug-likeness (QED) is 0.891. The summed E-state index contributed by atoms with van der Waals surface area (Å²) < 4.78 is 5.79. The highest BCUT2D eigenvalue weighted by atomic mass is 35.5. The summed E-state index contributed by atoms with van der Waals surface area (Å²) in [5.41, 5.74) is 7.66. The fourth-order valence-corrected chi connectivity index (χ4v) is 2.64. The van der Waals surface area contributed by atoms with Crippen LogP contribution in [0.15, 0.2) is 12.1 Å². The fourth-order valence-electron chi connectivity index (χ4n) is 2.35. The first-order chi connectivity index (χ1) is 8.78. The standard InChI is InChI=1S/C14H18ClNO3/c1-14(2)7-9-5-8(6-10(15)13(9)19-14)11(16)3-4-12(17)18/h5-6,11H,3-4,7,16H2,1-2H3,(H,17,18). The smallest absolute Gasteiger partial charge is 0.303 e. The third-order valence-electron chi connectivity index (χ3n) is 3.23. The van der Waals surface area contributed by atoms with E-state index in [0.717, 1.165) is 23.3 Å². The Kier molecular flexibility index (Phi) is 3.74. The molecule has 2 rings (SSSR count). The number of halogens is 1. The van der Waals surface area contributed by atoms with Crippen molar-refractivity contribution < 1.29 is 14.6 Å². The molecule has 3 N–H and O–H groups in total. The van der Waals surface area contributed by atoms with Crippen LogP contribution in [0.4, 0.5) is 0 Å². The number of hydrogen-bond donors (Lipinski definition) is 2. The topological polar surface area (TPSA) is 72.6 Å². The SMILES string of the molecule is CC1(C)Cc2cc(C(N)CCC(=O)O)cc(Cl)c2O1. The zero-order valence-corrected chi connectivity index (χ0v) is 11.8. The number of hydrogen-bond acceptors (Lipinski definition) is 3. The second-order valence-electron chi connectivity index (χ2n) is 5.57. The van der Waals surface area contributed by atoms with E-state index in [9.17, 15) is 4.79 Å². The molecule has 0 fully saturated rings. The minimum atomic E-state index is -0.841. The molecule has 1 heterocycles. The molecule has 0 radical (unpaired) electrons. The predicted octanol–water partition coefficient (Wildman–Crippen LogP) is 2.92. The summed E-state index contributed by atoms with van der Waals surface area (Å²) in [6, 6.07) is 3.43. The summed E-state index contributed by atoms with van der Waals surface area (Å²) in [5, 5.41) is 9.23. The molecule has 0 saturated carbocycles. The van der Waals surface area contributed by atoms with Crippen molar-refractivity contribution in [2.45, 2.75) is 44.8 Å². The van der Waals surface area contributed by atoms with Gasteiger partial charge in [-0.1, -0.05) is 17.7 Å². The number of rotatable bonds is 4. The Morgan fingerprint density at radius 1 is 1.58 bits per heavy atom. The van der Waals surface area contributed by atoms with Crippen molar-refractivity contribution >= 4 is 17.6 Å². The second-order valence-corrected chi connectivity index (χ2v) is 5.98. The van der Waals surface area contributed by atoms with Gasteiger partial charge in [-0.05, 0) is 37.5 Å². The molecule has 1 aromatic rings. The van der Waals surface area contributed by atoms with E-state index in [1.807, 2.05) is 19.9 Å². The van der Waals surface area contributed by atoms with Crippen LogP contribution < -0.4 is 10.5 Å². The van der Waals surface area contributed by atoms with Crippen LogP contribution in [-0.4, -0.2) is 16.7 Å². The highest BCUT2D eigenvalue weighted by Crippen LogP contribution is 2.41. The van der Waals surface area contributed by atoms with Crippen molar-refractivity contribution in [3.05, 3.63) is 28.3 Å². The Morgan fingerprint density at radius 3 is 2.89 bits per heavy atom. The first kappa shape index (κ1) is 14.2. The number of nitrogens with two attached hydrogens (primary N) is 1. The monoisotopic (exact) mass is 283 g/mol. The highest BCUT2D eigenvalue weighted by Gasteiger charge is 2.32. The molecule has 1 aromatic carbocycles. The average Bonchev–Trinajstić information content (AvgIpc) is 2.60. The molecule has 5 heteroatoms. The van der Waals surface area contributed by atoms with Crippen LogP contribution in [0.25, 0.3) is 0 Å².